The number of carbonyl (C=O) groups excluding carboxylic acids is 2. The fraction of sp³-hybridized carbons (Fsp3) is 0.878. The third kappa shape index (κ3) is 25.2. The number of hydrogen-bond acceptors (Lipinski definition) is 15. The van der Waals surface area contributed by atoms with Crippen LogP contribution in [-0.2, 0) is 38.0 Å². The maximum atomic E-state index is 13.0. The van der Waals surface area contributed by atoms with E-state index in [0.717, 1.165) is 64.2 Å². The molecule has 2 heterocycles. The fourth-order valence-electron chi connectivity index (χ4n) is 7.90. The van der Waals surface area contributed by atoms with Crippen molar-refractivity contribution in [2.75, 3.05) is 26.4 Å². The third-order valence-electron chi connectivity index (χ3n) is 12.0. The Kier molecular flexibility index (Phi) is 33.6. The Morgan fingerprint density at radius 1 is 0.531 bits per heavy atom. The van der Waals surface area contributed by atoms with Crippen LogP contribution < -0.4 is 0 Å². The lowest BCUT2D eigenvalue weighted by molar-refractivity contribution is -0.332. The number of ether oxygens (including phenoxy) is 6. The van der Waals surface area contributed by atoms with Gasteiger partial charge in [0.2, 0.25) is 0 Å². The summed E-state index contributed by atoms with van der Waals surface area (Å²) in [7, 11) is 0. The van der Waals surface area contributed by atoms with Crippen molar-refractivity contribution in [2.45, 2.75) is 248 Å². The highest BCUT2D eigenvalue weighted by Crippen LogP contribution is 2.26. The smallest absolute Gasteiger partial charge is 0.306 e. The summed E-state index contributed by atoms with van der Waals surface area (Å²) in [4.78, 5) is 25.7. The predicted octanol–water partition coefficient (Wildman–Crippen LogP) is 6.38. The quantitative estimate of drug-likeness (QED) is 0.0202. The number of esters is 2. The molecule has 15 heteroatoms. The summed E-state index contributed by atoms with van der Waals surface area (Å²) in [6.45, 7) is 4.10. The molecule has 374 valence electrons. The van der Waals surface area contributed by atoms with Crippen molar-refractivity contribution in [3.63, 3.8) is 0 Å². The molecule has 2 saturated heterocycles. The van der Waals surface area contributed by atoms with Crippen molar-refractivity contribution in [1.29, 1.82) is 0 Å². The van der Waals surface area contributed by atoms with E-state index >= 15 is 0 Å². The lowest BCUT2D eigenvalue weighted by atomic mass is 9.98. The maximum Gasteiger partial charge on any atom is 0.306 e. The Labute approximate surface area is 383 Å². The van der Waals surface area contributed by atoms with Gasteiger partial charge in [0.25, 0.3) is 0 Å². The average Bonchev–Trinajstić information content (AvgIpc) is 3.29. The average molecular weight is 917 g/mol. The molecule has 0 amide bonds. The van der Waals surface area contributed by atoms with E-state index in [1.165, 1.54) is 83.5 Å². The van der Waals surface area contributed by atoms with E-state index in [9.17, 15) is 45.3 Å². The van der Waals surface area contributed by atoms with Crippen LogP contribution in [0.2, 0.25) is 0 Å². The Hall–Kier alpha value is -2.02. The summed E-state index contributed by atoms with van der Waals surface area (Å²) >= 11 is 0. The first kappa shape index (κ1) is 58.1. The highest BCUT2D eigenvalue weighted by Gasteiger charge is 2.47. The largest absolute Gasteiger partial charge is 0.462 e. The summed E-state index contributed by atoms with van der Waals surface area (Å²) < 4.78 is 33.5. The van der Waals surface area contributed by atoms with Crippen molar-refractivity contribution in [2.24, 2.45) is 0 Å². The molecule has 0 radical (unpaired) electrons. The van der Waals surface area contributed by atoms with Gasteiger partial charge in [-0.3, -0.25) is 9.59 Å². The molecule has 2 rings (SSSR count). The molecule has 7 N–H and O–H groups in total. The van der Waals surface area contributed by atoms with E-state index in [4.69, 9.17) is 28.4 Å². The third-order valence-corrected chi connectivity index (χ3v) is 12.0. The molecular weight excluding hydrogens is 829 g/mol. The van der Waals surface area contributed by atoms with E-state index in [1.54, 1.807) is 0 Å². The Bertz CT molecular complexity index is 1200. The number of hydrogen-bond donors (Lipinski definition) is 7. The van der Waals surface area contributed by atoms with E-state index in [-0.39, 0.29) is 26.1 Å². The van der Waals surface area contributed by atoms with Gasteiger partial charge in [-0.25, -0.2) is 0 Å². The van der Waals surface area contributed by atoms with Crippen LogP contribution >= 0.6 is 0 Å². The molecule has 15 nitrogen and oxygen atoms in total. The lowest BCUT2D eigenvalue weighted by Gasteiger charge is -2.42. The molecule has 0 bridgehead atoms. The monoisotopic (exact) mass is 917 g/mol. The van der Waals surface area contributed by atoms with Crippen LogP contribution in [0.15, 0.2) is 24.8 Å². The van der Waals surface area contributed by atoms with Crippen LogP contribution in [0.25, 0.3) is 0 Å². The second kappa shape index (κ2) is 37.0. The summed E-state index contributed by atoms with van der Waals surface area (Å²) in [5.41, 5.74) is 0. The van der Waals surface area contributed by atoms with Crippen LogP contribution in [0.1, 0.15) is 180 Å². The molecule has 4 unspecified atom stereocenters. The van der Waals surface area contributed by atoms with Crippen LogP contribution in [-0.4, -0.2) is 142 Å². The van der Waals surface area contributed by atoms with Gasteiger partial charge < -0.3 is 64.2 Å². The molecule has 11 atom stereocenters. The molecule has 2 aliphatic heterocycles. The SMILES string of the molecule is C=CCCCCCCCCCCCCCCCC(=O)OC[C@H](CO[C@@H]1O[C@H](CO[C@@H]2O[C@H](CO)[C@H](O)C(O)C2O)[C@H](O)C(O)C1O)OC(=O)CCCCCCC/C=C/CCCCCC. The summed E-state index contributed by atoms with van der Waals surface area (Å²) in [6.07, 6.45) is 18.1. The first-order chi connectivity index (χ1) is 31.0. The molecular formula is C49H88O15. The van der Waals surface area contributed by atoms with Crippen molar-refractivity contribution < 1.29 is 73.8 Å². The van der Waals surface area contributed by atoms with Crippen molar-refractivity contribution in [3.05, 3.63) is 24.8 Å². The van der Waals surface area contributed by atoms with Gasteiger partial charge in [0, 0.05) is 12.8 Å². The zero-order valence-corrected chi connectivity index (χ0v) is 39.1. The molecule has 0 aromatic heterocycles. The maximum absolute atomic E-state index is 13.0. The molecule has 2 aliphatic rings. The van der Waals surface area contributed by atoms with Crippen molar-refractivity contribution in [1.82, 2.24) is 0 Å². The second-order valence-electron chi connectivity index (χ2n) is 17.7. The van der Waals surface area contributed by atoms with Crippen LogP contribution in [0.3, 0.4) is 0 Å². The van der Waals surface area contributed by atoms with Crippen LogP contribution in [0.4, 0.5) is 0 Å². The standard InChI is InChI=1S/C49H88O15/c1-3-5-7-9-11-13-15-17-18-20-21-23-25-27-29-31-40(51)59-34-37(62-41(52)32-30-28-26-24-22-19-16-14-12-10-8-6-4-2)35-60-48-47(58)45(56)43(54)39(64-48)36-61-49-46(57)44(55)42(53)38(33-50)63-49/h3,14,16,37-39,42-50,53-58H,1,4-13,15,17-36H2,2H3/b16-14+/t37-,38-,39-,42+,43+,44?,45?,46?,47?,48-,49-/m1/s1. The van der Waals surface area contributed by atoms with Gasteiger partial charge in [0.15, 0.2) is 18.7 Å². The predicted molar refractivity (Wildman–Crippen MR) is 243 cm³/mol. The Balaban J connectivity index is 1.82. The van der Waals surface area contributed by atoms with Gasteiger partial charge >= 0.3 is 11.9 Å². The summed E-state index contributed by atoms with van der Waals surface area (Å²) in [5.74, 6) is -0.934. The van der Waals surface area contributed by atoms with E-state index < -0.39 is 92.7 Å². The fourth-order valence-corrected chi connectivity index (χ4v) is 7.90. The number of allylic oxidation sites excluding steroid dienone is 3. The zero-order valence-electron chi connectivity index (χ0n) is 39.1. The number of unbranched alkanes of at least 4 members (excludes halogenated alkanes) is 22. The molecule has 0 saturated carbocycles. The van der Waals surface area contributed by atoms with Crippen LogP contribution in [0.5, 0.6) is 0 Å². The topological polar surface area (TPSA) is 231 Å². The summed E-state index contributed by atoms with van der Waals surface area (Å²) in [6, 6.07) is 0. The Morgan fingerprint density at radius 3 is 1.48 bits per heavy atom. The molecule has 2 fully saturated rings. The van der Waals surface area contributed by atoms with Gasteiger partial charge in [-0.05, 0) is 51.4 Å². The Morgan fingerprint density at radius 2 is 0.969 bits per heavy atom. The lowest BCUT2D eigenvalue weighted by Crippen LogP contribution is -2.61. The van der Waals surface area contributed by atoms with Crippen LogP contribution in [0, 0.1) is 0 Å². The van der Waals surface area contributed by atoms with Gasteiger partial charge in [-0.1, -0.05) is 134 Å². The van der Waals surface area contributed by atoms with Gasteiger partial charge in [0.05, 0.1) is 19.8 Å². The van der Waals surface area contributed by atoms with Crippen molar-refractivity contribution in [3.8, 4) is 0 Å². The molecule has 0 spiro atoms. The molecule has 64 heavy (non-hydrogen) atoms. The molecule has 0 aromatic carbocycles. The zero-order chi connectivity index (χ0) is 46.8. The van der Waals surface area contributed by atoms with Crippen molar-refractivity contribution >= 4 is 11.9 Å². The normalized spacial score (nSPS) is 26.6. The number of aliphatic hydroxyl groups excluding tert-OH is 7. The van der Waals surface area contributed by atoms with Gasteiger partial charge in [0.1, 0.15) is 55.4 Å². The first-order valence-electron chi connectivity index (χ1n) is 24.9. The number of aliphatic hydroxyl groups is 7. The first-order valence-corrected chi connectivity index (χ1v) is 24.9. The van der Waals surface area contributed by atoms with E-state index in [2.05, 4.69) is 25.7 Å². The molecule has 0 aromatic rings. The highest BCUT2D eigenvalue weighted by atomic mass is 16.7. The van der Waals surface area contributed by atoms with E-state index in [1.807, 2.05) is 6.08 Å². The highest BCUT2D eigenvalue weighted by molar-refractivity contribution is 5.70. The second-order valence-corrected chi connectivity index (χ2v) is 17.7. The minimum Gasteiger partial charge on any atom is -0.462 e. The molecule has 0 aliphatic carbocycles. The number of rotatable bonds is 39. The van der Waals surface area contributed by atoms with E-state index in [0.29, 0.717) is 12.8 Å². The summed E-state index contributed by atoms with van der Waals surface area (Å²) in [5, 5.41) is 72.0. The van der Waals surface area contributed by atoms with Gasteiger partial charge in [-0.2, -0.15) is 0 Å². The minimum absolute atomic E-state index is 0.156. The van der Waals surface area contributed by atoms with Gasteiger partial charge in [-0.15, -0.1) is 6.58 Å². The number of carbonyl (C=O) groups is 2. The minimum atomic E-state index is -1.76.